The molecule has 1 aromatic rings. The maximum Gasteiger partial charge on any atom is 0.123 e. The van der Waals surface area contributed by atoms with Crippen molar-refractivity contribution >= 4 is 0 Å². The SMILES string of the molecule is CC(C)CC(C)(C)c1ccccc1OC(C)C. The van der Waals surface area contributed by atoms with Gasteiger partial charge in [-0.05, 0) is 43.2 Å². The van der Waals surface area contributed by atoms with Gasteiger partial charge >= 0.3 is 0 Å². The third kappa shape index (κ3) is 4.07. The maximum absolute atomic E-state index is 5.91. The summed E-state index contributed by atoms with van der Waals surface area (Å²) in [5, 5.41) is 0. The highest BCUT2D eigenvalue weighted by Gasteiger charge is 2.25. The van der Waals surface area contributed by atoms with Crippen molar-refractivity contribution in [2.24, 2.45) is 5.92 Å². The van der Waals surface area contributed by atoms with Crippen LogP contribution in [0.5, 0.6) is 5.75 Å². The van der Waals surface area contributed by atoms with E-state index >= 15 is 0 Å². The van der Waals surface area contributed by atoms with E-state index in [-0.39, 0.29) is 11.5 Å². The first-order chi connectivity index (χ1) is 7.83. The fraction of sp³-hybridized carbons (Fsp3) is 0.625. The predicted octanol–water partition coefficient (Wildman–Crippen LogP) is 4.80. The van der Waals surface area contributed by atoms with E-state index in [0.717, 1.165) is 5.75 Å². The van der Waals surface area contributed by atoms with Gasteiger partial charge in [0.05, 0.1) is 6.10 Å². The van der Waals surface area contributed by atoms with E-state index in [9.17, 15) is 0 Å². The minimum atomic E-state index is 0.166. The molecule has 0 unspecified atom stereocenters. The van der Waals surface area contributed by atoms with Crippen molar-refractivity contribution in [1.29, 1.82) is 0 Å². The molecule has 0 aromatic heterocycles. The van der Waals surface area contributed by atoms with Crippen molar-refractivity contribution < 1.29 is 4.74 Å². The number of rotatable bonds is 5. The maximum atomic E-state index is 5.91. The molecule has 1 nitrogen and oxygen atoms in total. The average molecular weight is 234 g/mol. The van der Waals surface area contributed by atoms with Crippen LogP contribution in [0.3, 0.4) is 0 Å². The van der Waals surface area contributed by atoms with E-state index in [4.69, 9.17) is 4.74 Å². The van der Waals surface area contributed by atoms with Crippen LogP contribution in [0.4, 0.5) is 0 Å². The highest BCUT2D eigenvalue weighted by molar-refractivity contribution is 5.39. The van der Waals surface area contributed by atoms with Crippen molar-refractivity contribution in [2.45, 2.75) is 59.5 Å². The van der Waals surface area contributed by atoms with Crippen LogP contribution < -0.4 is 4.74 Å². The molecule has 0 amide bonds. The van der Waals surface area contributed by atoms with Gasteiger partial charge in [-0.15, -0.1) is 0 Å². The molecule has 0 N–H and O–H groups in total. The quantitative estimate of drug-likeness (QED) is 0.711. The smallest absolute Gasteiger partial charge is 0.123 e. The topological polar surface area (TPSA) is 9.23 Å². The molecule has 0 spiro atoms. The monoisotopic (exact) mass is 234 g/mol. The Kier molecular flexibility index (Phi) is 4.62. The van der Waals surface area contributed by atoms with Gasteiger partial charge in [-0.2, -0.15) is 0 Å². The Bertz CT molecular complexity index is 350. The summed E-state index contributed by atoms with van der Waals surface area (Å²) in [6.45, 7) is 13.3. The van der Waals surface area contributed by atoms with Crippen molar-refractivity contribution in [3.8, 4) is 5.75 Å². The zero-order chi connectivity index (χ0) is 13.1. The average Bonchev–Trinajstić information content (AvgIpc) is 2.15. The first-order valence-corrected chi connectivity index (χ1v) is 6.59. The number of hydrogen-bond acceptors (Lipinski definition) is 1. The third-order valence-corrected chi connectivity index (χ3v) is 2.90. The number of para-hydroxylation sites is 1. The van der Waals surface area contributed by atoms with Gasteiger partial charge in [0, 0.05) is 0 Å². The first-order valence-electron chi connectivity index (χ1n) is 6.59. The van der Waals surface area contributed by atoms with Crippen molar-refractivity contribution in [1.82, 2.24) is 0 Å². The number of benzene rings is 1. The van der Waals surface area contributed by atoms with E-state index in [0.29, 0.717) is 5.92 Å². The molecule has 0 atom stereocenters. The molecule has 0 aliphatic heterocycles. The Morgan fingerprint density at radius 1 is 1.06 bits per heavy atom. The lowest BCUT2D eigenvalue weighted by Gasteiger charge is -2.29. The Morgan fingerprint density at radius 2 is 1.65 bits per heavy atom. The molecule has 1 heteroatoms. The largest absolute Gasteiger partial charge is 0.491 e. The summed E-state index contributed by atoms with van der Waals surface area (Å²) in [4.78, 5) is 0. The van der Waals surface area contributed by atoms with E-state index in [1.165, 1.54) is 12.0 Å². The van der Waals surface area contributed by atoms with Crippen LogP contribution in [0.25, 0.3) is 0 Å². The molecule has 0 bridgehead atoms. The Balaban J connectivity index is 3.03. The van der Waals surface area contributed by atoms with Gasteiger partial charge in [0.25, 0.3) is 0 Å². The van der Waals surface area contributed by atoms with Crippen LogP contribution in [0, 0.1) is 5.92 Å². The highest BCUT2D eigenvalue weighted by Crippen LogP contribution is 2.36. The molecule has 0 aliphatic carbocycles. The molecule has 0 fully saturated rings. The summed E-state index contributed by atoms with van der Waals surface area (Å²) < 4.78 is 5.91. The lowest BCUT2D eigenvalue weighted by Crippen LogP contribution is -2.21. The van der Waals surface area contributed by atoms with Crippen LogP contribution in [0.2, 0.25) is 0 Å². The fourth-order valence-corrected chi connectivity index (χ4v) is 2.51. The predicted molar refractivity (Wildman–Crippen MR) is 74.7 cm³/mol. The highest BCUT2D eigenvalue weighted by atomic mass is 16.5. The van der Waals surface area contributed by atoms with E-state index in [1.54, 1.807) is 0 Å². The van der Waals surface area contributed by atoms with Crippen molar-refractivity contribution in [3.05, 3.63) is 29.8 Å². The lowest BCUT2D eigenvalue weighted by molar-refractivity contribution is 0.233. The number of ether oxygens (including phenoxy) is 1. The normalized spacial score (nSPS) is 12.2. The zero-order valence-electron chi connectivity index (χ0n) is 12.1. The molecule has 0 heterocycles. The standard InChI is InChI=1S/C16H26O/c1-12(2)11-16(5,6)14-9-7-8-10-15(14)17-13(3)4/h7-10,12-13H,11H2,1-6H3. The van der Waals surface area contributed by atoms with Crippen molar-refractivity contribution in [2.75, 3.05) is 0 Å². The summed E-state index contributed by atoms with van der Waals surface area (Å²) in [5.74, 6) is 1.73. The third-order valence-electron chi connectivity index (χ3n) is 2.90. The number of hydrogen-bond donors (Lipinski definition) is 0. The molecule has 96 valence electrons. The van der Waals surface area contributed by atoms with Gasteiger partial charge < -0.3 is 4.74 Å². The van der Waals surface area contributed by atoms with Crippen LogP contribution in [0.1, 0.15) is 53.5 Å². The van der Waals surface area contributed by atoms with Gasteiger partial charge in [-0.25, -0.2) is 0 Å². The second-order valence-corrected chi connectivity index (χ2v) is 6.14. The minimum Gasteiger partial charge on any atom is -0.491 e. The van der Waals surface area contributed by atoms with E-state index < -0.39 is 0 Å². The Labute approximate surface area is 106 Å². The van der Waals surface area contributed by atoms with E-state index in [2.05, 4.69) is 59.7 Å². The summed E-state index contributed by atoms with van der Waals surface area (Å²) in [5.41, 5.74) is 1.49. The van der Waals surface area contributed by atoms with Crippen LogP contribution >= 0.6 is 0 Å². The fourth-order valence-electron chi connectivity index (χ4n) is 2.51. The van der Waals surface area contributed by atoms with Gasteiger partial charge in [-0.3, -0.25) is 0 Å². The van der Waals surface area contributed by atoms with Crippen molar-refractivity contribution in [3.63, 3.8) is 0 Å². The summed E-state index contributed by atoms with van der Waals surface area (Å²) in [7, 11) is 0. The molecule has 1 rings (SSSR count). The minimum absolute atomic E-state index is 0.166. The molecular weight excluding hydrogens is 208 g/mol. The Morgan fingerprint density at radius 3 is 2.18 bits per heavy atom. The molecule has 0 saturated carbocycles. The zero-order valence-corrected chi connectivity index (χ0v) is 12.1. The molecular formula is C16H26O. The summed E-state index contributed by atoms with van der Waals surface area (Å²) >= 11 is 0. The van der Waals surface area contributed by atoms with E-state index in [1.807, 2.05) is 6.07 Å². The molecule has 0 radical (unpaired) electrons. The molecule has 0 saturated heterocycles. The lowest BCUT2D eigenvalue weighted by atomic mass is 9.77. The second kappa shape index (κ2) is 5.57. The van der Waals surface area contributed by atoms with Gasteiger partial charge in [0.2, 0.25) is 0 Å². The Hall–Kier alpha value is -0.980. The molecule has 1 aromatic carbocycles. The summed E-state index contributed by atoms with van der Waals surface area (Å²) in [6, 6.07) is 8.43. The van der Waals surface area contributed by atoms with Gasteiger partial charge in [-0.1, -0.05) is 45.9 Å². The van der Waals surface area contributed by atoms with Crippen LogP contribution in [0.15, 0.2) is 24.3 Å². The molecule has 17 heavy (non-hydrogen) atoms. The molecule has 0 aliphatic rings. The van der Waals surface area contributed by atoms with Crippen LogP contribution in [-0.4, -0.2) is 6.10 Å². The summed E-state index contributed by atoms with van der Waals surface area (Å²) in [6.07, 6.45) is 1.40. The van der Waals surface area contributed by atoms with Crippen LogP contribution in [-0.2, 0) is 5.41 Å². The van der Waals surface area contributed by atoms with Gasteiger partial charge in [0.15, 0.2) is 0 Å². The van der Waals surface area contributed by atoms with Gasteiger partial charge in [0.1, 0.15) is 5.75 Å². The second-order valence-electron chi connectivity index (χ2n) is 6.14. The first kappa shape index (κ1) is 14.1.